The largest absolute Gasteiger partial charge is 0.497 e. The van der Waals surface area contributed by atoms with Crippen LogP contribution in [-0.4, -0.2) is 51.1 Å². The summed E-state index contributed by atoms with van der Waals surface area (Å²) in [6.45, 7) is 4.32. The van der Waals surface area contributed by atoms with Gasteiger partial charge in [0.25, 0.3) is 0 Å². The lowest BCUT2D eigenvalue weighted by Gasteiger charge is -2.18. The van der Waals surface area contributed by atoms with Crippen LogP contribution >= 0.6 is 11.6 Å². The molecule has 2 aliphatic heterocycles. The SMILES string of the molecule is COc1ccc(Cn2cnc(-c3ccc(-c4nc5cc(N6CCCC6)cc6c5n4CCCO6)cc3Cl)n2)cc1. The molecule has 4 heterocycles. The van der Waals surface area contributed by atoms with Crippen LogP contribution < -0.4 is 14.4 Å². The number of aryl methyl sites for hydroxylation is 1. The third-order valence-corrected chi connectivity index (χ3v) is 7.87. The van der Waals surface area contributed by atoms with Crippen molar-refractivity contribution in [3.63, 3.8) is 0 Å². The maximum absolute atomic E-state index is 6.83. The number of hydrogen-bond acceptors (Lipinski definition) is 6. The summed E-state index contributed by atoms with van der Waals surface area (Å²) >= 11 is 6.83. The summed E-state index contributed by atoms with van der Waals surface area (Å²) in [6.07, 6.45) is 5.12. The fourth-order valence-corrected chi connectivity index (χ4v) is 5.84. The van der Waals surface area contributed by atoms with Gasteiger partial charge in [-0.1, -0.05) is 29.8 Å². The van der Waals surface area contributed by atoms with E-state index in [9.17, 15) is 0 Å². The number of imidazole rings is 1. The Hall–Kier alpha value is -4.04. The van der Waals surface area contributed by atoms with Gasteiger partial charge < -0.3 is 18.9 Å². The predicted molar refractivity (Wildman–Crippen MR) is 153 cm³/mol. The van der Waals surface area contributed by atoms with Gasteiger partial charge in [0.1, 0.15) is 29.2 Å². The highest BCUT2D eigenvalue weighted by Crippen LogP contribution is 2.39. The van der Waals surface area contributed by atoms with Crippen LogP contribution in [0.1, 0.15) is 24.8 Å². The number of nitrogens with zero attached hydrogens (tertiary/aromatic N) is 6. The minimum atomic E-state index is 0.595. The lowest BCUT2D eigenvalue weighted by atomic mass is 10.1. The lowest BCUT2D eigenvalue weighted by molar-refractivity contribution is 0.316. The average Bonchev–Trinajstić information content (AvgIpc) is 3.69. The number of methoxy groups -OCH3 is 1. The monoisotopic (exact) mass is 540 g/mol. The Kier molecular flexibility index (Phi) is 6.12. The van der Waals surface area contributed by atoms with Crippen LogP contribution in [0.2, 0.25) is 5.02 Å². The number of benzene rings is 3. The molecule has 198 valence electrons. The molecule has 0 amide bonds. The number of halogens is 1. The Balaban J connectivity index is 1.20. The maximum Gasteiger partial charge on any atom is 0.182 e. The van der Waals surface area contributed by atoms with E-state index in [0.717, 1.165) is 71.1 Å². The topological polar surface area (TPSA) is 70.2 Å². The van der Waals surface area contributed by atoms with Gasteiger partial charge in [-0.15, -0.1) is 0 Å². The Morgan fingerprint density at radius 3 is 2.62 bits per heavy atom. The van der Waals surface area contributed by atoms with E-state index in [4.69, 9.17) is 26.1 Å². The highest BCUT2D eigenvalue weighted by atomic mass is 35.5. The molecule has 1 saturated heterocycles. The van der Waals surface area contributed by atoms with Crippen molar-refractivity contribution in [2.45, 2.75) is 32.4 Å². The normalized spacial score (nSPS) is 15.0. The molecule has 0 bridgehead atoms. The van der Waals surface area contributed by atoms with Crippen molar-refractivity contribution >= 4 is 28.3 Å². The van der Waals surface area contributed by atoms with Crippen LogP contribution in [0.25, 0.3) is 33.8 Å². The molecule has 2 aliphatic rings. The third kappa shape index (κ3) is 4.48. The second kappa shape index (κ2) is 9.93. The van der Waals surface area contributed by atoms with Gasteiger partial charge in [0.2, 0.25) is 0 Å². The minimum Gasteiger partial charge on any atom is -0.497 e. The molecular formula is C30H29ClN6O2. The fraction of sp³-hybridized carbons (Fsp3) is 0.300. The molecule has 0 atom stereocenters. The van der Waals surface area contributed by atoms with E-state index in [-0.39, 0.29) is 0 Å². The van der Waals surface area contributed by atoms with Gasteiger partial charge in [0, 0.05) is 42.5 Å². The van der Waals surface area contributed by atoms with Crippen LogP contribution in [-0.2, 0) is 13.1 Å². The summed E-state index contributed by atoms with van der Waals surface area (Å²) < 4.78 is 15.5. The molecule has 0 aliphatic carbocycles. The Morgan fingerprint density at radius 2 is 1.82 bits per heavy atom. The molecule has 7 rings (SSSR count). The molecule has 8 nitrogen and oxygen atoms in total. The first kappa shape index (κ1) is 24.0. The summed E-state index contributed by atoms with van der Waals surface area (Å²) in [6, 6.07) is 18.3. The minimum absolute atomic E-state index is 0.595. The molecule has 39 heavy (non-hydrogen) atoms. The van der Waals surface area contributed by atoms with Crippen molar-refractivity contribution < 1.29 is 9.47 Å². The van der Waals surface area contributed by atoms with Crippen molar-refractivity contribution in [1.82, 2.24) is 24.3 Å². The van der Waals surface area contributed by atoms with E-state index in [1.807, 2.05) is 41.1 Å². The van der Waals surface area contributed by atoms with Crippen molar-refractivity contribution in [3.8, 4) is 34.3 Å². The van der Waals surface area contributed by atoms with Crippen molar-refractivity contribution in [3.05, 3.63) is 71.5 Å². The van der Waals surface area contributed by atoms with Gasteiger partial charge in [-0.3, -0.25) is 0 Å². The zero-order valence-corrected chi connectivity index (χ0v) is 22.6. The summed E-state index contributed by atoms with van der Waals surface area (Å²) in [5.74, 6) is 3.25. The zero-order valence-electron chi connectivity index (χ0n) is 21.8. The number of hydrogen-bond donors (Lipinski definition) is 0. The molecular weight excluding hydrogens is 512 g/mol. The second-order valence-electron chi connectivity index (χ2n) is 10.1. The first-order valence-corrected chi connectivity index (χ1v) is 13.8. The summed E-state index contributed by atoms with van der Waals surface area (Å²) in [5, 5.41) is 5.27. The van der Waals surface area contributed by atoms with Gasteiger partial charge in [-0.25, -0.2) is 14.6 Å². The van der Waals surface area contributed by atoms with Gasteiger partial charge >= 0.3 is 0 Å². The Labute approximate surface area is 231 Å². The molecule has 0 spiro atoms. The zero-order chi connectivity index (χ0) is 26.3. The van der Waals surface area contributed by atoms with Gasteiger partial charge in [-0.2, -0.15) is 5.10 Å². The third-order valence-electron chi connectivity index (χ3n) is 7.55. The highest BCUT2D eigenvalue weighted by molar-refractivity contribution is 6.33. The van der Waals surface area contributed by atoms with Crippen molar-refractivity contribution in [2.75, 3.05) is 31.7 Å². The predicted octanol–water partition coefficient (Wildman–Crippen LogP) is 6.05. The van der Waals surface area contributed by atoms with E-state index < -0.39 is 0 Å². The first-order chi connectivity index (χ1) is 19.2. The molecule has 0 unspecified atom stereocenters. The molecule has 9 heteroatoms. The van der Waals surface area contributed by atoms with E-state index in [1.54, 1.807) is 13.4 Å². The molecule has 5 aromatic rings. The standard InChI is InChI=1S/C30H29ClN6O2/c1-38-23-8-5-20(6-9-23)18-36-19-32-29(34-36)24-10-7-21(15-25(24)31)30-33-26-16-22(35-11-2-3-12-35)17-27-28(26)37(30)13-4-14-39-27/h5-10,15-17,19H,2-4,11-14,18H2,1H3. The molecule has 1 fully saturated rings. The average molecular weight is 541 g/mol. The van der Waals surface area contributed by atoms with Gasteiger partial charge in [-0.05, 0) is 55.2 Å². The van der Waals surface area contributed by atoms with Crippen molar-refractivity contribution in [2.24, 2.45) is 0 Å². The van der Waals surface area contributed by atoms with E-state index in [2.05, 4.69) is 37.7 Å². The van der Waals surface area contributed by atoms with Crippen molar-refractivity contribution in [1.29, 1.82) is 0 Å². The summed E-state index contributed by atoms with van der Waals surface area (Å²) in [7, 11) is 1.66. The van der Waals surface area contributed by atoms with Gasteiger partial charge in [0.15, 0.2) is 5.82 Å². The van der Waals surface area contributed by atoms with Crippen LogP contribution in [0, 0.1) is 0 Å². The van der Waals surface area contributed by atoms with Crippen LogP contribution in [0.3, 0.4) is 0 Å². The van der Waals surface area contributed by atoms with E-state index >= 15 is 0 Å². The van der Waals surface area contributed by atoms with Crippen LogP contribution in [0.4, 0.5) is 5.69 Å². The quantitative estimate of drug-likeness (QED) is 0.261. The first-order valence-electron chi connectivity index (χ1n) is 13.4. The maximum atomic E-state index is 6.83. The Bertz CT molecular complexity index is 1650. The molecule has 0 saturated carbocycles. The van der Waals surface area contributed by atoms with E-state index in [1.165, 1.54) is 18.5 Å². The molecule has 3 aromatic carbocycles. The molecule has 0 radical (unpaired) electrons. The van der Waals surface area contributed by atoms with Crippen LogP contribution in [0.5, 0.6) is 11.5 Å². The van der Waals surface area contributed by atoms with E-state index in [0.29, 0.717) is 24.0 Å². The smallest absolute Gasteiger partial charge is 0.182 e. The number of rotatable bonds is 6. The second-order valence-corrected chi connectivity index (χ2v) is 10.5. The highest BCUT2D eigenvalue weighted by Gasteiger charge is 2.23. The van der Waals surface area contributed by atoms with Gasteiger partial charge in [0.05, 0.1) is 30.8 Å². The number of ether oxygens (including phenoxy) is 2. The summed E-state index contributed by atoms with van der Waals surface area (Å²) in [4.78, 5) is 12.0. The Morgan fingerprint density at radius 1 is 0.974 bits per heavy atom. The number of anilines is 1. The lowest BCUT2D eigenvalue weighted by Crippen LogP contribution is -2.17. The number of aromatic nitrogens is 5. The summed E-state index contributed by atoms with van der Waals surface area (Å²) in [5.41, 5.74) is 6.09. The fourth-order valence-electron chi connectivity index (χ4n) is 5.57. The molecule has 0 N–H and O–H groups in total. The van der Waals surface area contributed by atoms with Crippen LogP contribution in [0.15, 0.2) is 60.9 Å². The molecule has 2 aromatic heterocycles.